The first-order valence-corrected chi connectivity index (χ1v) is 8.21. The van der Waals surface area contributed by atoms with Crippen LogP contribution in [0.1, 0.15) is 5.56 Å². The molecular weight excluding hydrogens is 331 g/mol. The molecule has 1 atom stereocenters. The number of carbonyl (C=O) groups is 1. The number of amides is 1. The predicted octanol–water partition coefficient (Wildman–Crippen LogP) is 1.66. The van der Waals surface area contributed by atoms with Crippen molar-refractivity contribution in [2.45, 2.75) is 12.5 Å². The summed E-state index contributed by atoms with van der Waals surface area (Å²) in [5.41, 5.74) is 4.65. The summed E-state index contributed by atoms with van der Waals surface area (Å²) in [7, 11) is 0. The van der Waals surface area contributed by atoms with Gasteiger partial charge < -0.3 is 0 Å². The van der Waals surface area contributed by atoms with Crippen molar-refractivity contribution >= 4 is 43.3 Å². The van der Waals surface area contributed by atoms with Gasteiger partial charge in [-0.2, -0.15) is 0 Å². The summed E-state index contributed by atoms with van der Waals surface area (Å²) in [5.74, 6) is -0.0331. The molecule has 104 valence electrons. The molecule has 0 radical (unpaired) electrons. The molecule has 5 nitrogen and oxygen atoms in total. The Morgan fingerprint density at radius 3 is 3.00 bits per heavy atom. The van der Waals surface area contributed by atoms with Gasteiger partial charge in [-0.25, -0.2) is 0 Å². The minimum absolute atomic E-state index is 0.0331. The first-order chi connectivity index (χ1) is 10.3. The first kappa shape index (κ1) is 12.6. The Morgan fingerprint density at radius 1 is 1.19 bits per heavy atom. The number of nitrogens with one attached hydrogen (secondary N) is 2. The maximum absolute atomic E-state index is 12.4. The van der Waals surface area contributed by atoms with E-state index in [0.717, 1.165) is 22.4 Å². The van der Waals surface area contributed by atoms with E-state index in [1.54, 1.807) is 0 Å². The second-order valence-corrected chi connectivity index (χ2v) is 6.09. The van der Waals surface area contributed by atoms with Crippen LogP contribution < -0.4 is 10.6 Å². The van der Waals surface area contributed by atoms with Gasteiger partial charge in [0.05, 0.1) is 0 Å². The molecule has 0 bridgehead atoms. The second-order valence-electron chi connectivity index (χ2n) is 4.98. The molecule has 2 aromatic carbocycles. The van der Waals surface area contributed by atoms with Crippen molar-refractivity contribution in [1.82, 2.24) is 7.96 Å². The van der Waals surface area contributed by atoms with Crippen molar-refractivity contribution in [2.75, 3.05) is 10.6 Å². The van der Waals surface area contributed by atoms with Gasteiger partial charge in [-0.15, -0.1) is 0 Å². The zero-order valence-corrected chi connectivity index (χ0v) is 12.7. The van der Waals surface area contributed by atoms with E-state index < -0.39 is 0 Å². The van der Waals surface area contributed by atoms with E-state index in [2.05, 4.69) is 18.6 Å². The fraction of sp³-hybridized carbons (Fsp3) is 0.133. The van der Waals surface area contributed by atoms with Crippen molar-refractivity contribution in [3.63, 3.8) is 0 Å². The Labute approximate surface area is 127 Å². The summed E-state index contributed by atoms with van der Waals surface area (Å²) >= 11 is -0.0923. The van der Waals surface area contributed by atoms with Crippen LogP contribution in [0.25, 0.3) is 11.0 Å². The third kappa shape index (κ3) is 2.22. The Balaban J connectivity index is 1.56. The van der Waals surface area contributed by atoms with Crippen LogP contribution in [0.2, 0.25) is 0 Å². The summed E-state index contributed by atoms with van der Waals surface area (Å²) in [6.45, 7) is 0. The van der Waals surface area contributed by atoms with E-state index in [4.69, 9.17) is 0 Å². The van der Waals surface area contributed by atoms with Crippen molar-refractivity contribution in [1.29, 1.82) is 0 Å². The van der Waals surface area contributed by atoms with Crippen molar-refractivity contribution in [2.24, 2.45) is 0 Å². The number of rotatable bonds is 2. The average Bonchev–Trinajstić information content (AvgIpc) is 3.14. The predicted molar refractivity (Wildman–Crippen MR) is 82.7 cm³/mol. The van der Waals surface area contributed by atoms with Gasteiger partial charge in [0.1, 0.15) is 0 Å². The standard InChI is InChI=1S/C15H12N4OSe/c20-15(13-8-9-4-1-2-5-10(9)16-13)17-11-6-3-7-12-14(11)19-21-18-12/h1-7,13,16H,8H2,(H,17,20). The van der Waals surface area contributed by atoms with E-state index in [-0.39, 0.29) is 26.9 Å². The number of aromatic nitrogens is 2. The third-order valence-corrected chi connectivity index (χ3v) is 4.77. The van der Waals surface area contributed by atoms with Crippen LogP contribution >= 0.6 is 0 Å². The molecule has 21 heavy (non-hydrogen) atoms. The number of fused-ring (bicyclic) bond motifs is 2. The first-order valence-electron chi connectivity index (χ1n) is 6.68. The molecule has 6 heteroatoms. The Morgan fingerprint density at radius 2 is 2.10 bits per heavy atom. The summed E-state index contributed by atoms with van der Waals surface area (Å²) in [6.07, 6.45) is 0.711. The number of anilines is 2. The Bertz CT molecular complexity index is 804. The van der Waals surface area contributed by atoms with Gasteiger partial charge in [-0.05, 0) is 0 Å². The molecule has 0 fully saturated rings. The van der Waals surface area contributed by atoms with Gasteiger partial charge in [0.2, 0.25) is 0 Å². The Kier molecular flexibility index (Phi) is 2.98. The minimum atomic E-state index is -0.234. The fourth-order valence-corrected chi connectivity index (χ4v) is 3.74. The van der Waals surface area contributed by atoms with Crippen molar-refractivity contribution < 1.29 is 4.79 Å². The van der Waals surface area contributed by atoms with E-state index in [9.17, 15) is 4.79 Å². The van der Waals surface area contributed by atoms with Gasteiger partial charge in [0.15, 0.2) is 0 Å². The Hall–Kier alpha value is -2.17. The molecule has 1 amide bonds. The van der Waals surface area contributed by atoms with Crippen molar-refractivity contribution in [3.8, 4) is 0 Å². The average molecular weight is 343 g/mol. The second kappa shape index (κ2) is 4.98. The van der Waals surface area contributed by atoms with Gasteiger partial charge in [0, 0.05) is 0 Å². The molecule has 4 rings (SSSR count). The number of benzene rings is 2. The van der Waals surface area contributed by atoms with Gasteiger partial charge >= 0.3 is 127 Å². The van der Waals surface area contributed by atoms with E-state index in [0.29, 0.717) is 6.42 Å². The van der Waals surface area contributed by atoms with E-state index in [1.165, 1.54) is 5.56 Å². The number of para-hydroxylation sites is 1. The van der Waals surface area contributed by atoms with Gasteiger partial charge in [0.25, 0.3) is 0 Å². The maximum atomic E-state index is 12.4. The summed E-state index contributed by atoms with van der Waals surface area (Å²) in [5, 5.41) is 6.23. The summed E-state index contributed by atoms with van der Waals surface area (Å²) in [4.78, 5) is 12.4. The zero-order chi connectivity index (χ0) is 14.2. The number of nitrogens with zero attached hydrogens (tertiary/aromatic N) is 2. The van der Waals surface area contributed by atoms with E-state index >= 15 is 0 Å². The molecular formula is C15H12N4OSe. The van der Waals surface area contributed by atoms with Gasteiger partial charge in [-0.3, -0.25) is 0 Å². The zero-order valence-electron chi connectivity index (χ0n) is 11.0. The van der Waals surface area contributed by atoms with Crippen LogP contribution in [-0.4, -0.2) is 34.9 Å². The van der Waals surface area contributed by atoms with Crippen LogP contribution in [0.15, 0.2) is 42.5 Å². The van der Waals surface area contributed by atoms with Crippen LogP contribution in [0, 0.1) is 0 Å². The molecule has 2 N–H and O–H groups in total. The SMILES string of the molecule is O=C(Nc1cccc2n[se]nc12)C1Cc2ccccc2N1. The van der Waals surface area contributed by atoms with Crippen LogP contribution in [-0.2, 0) is 11.2 Å². The normalized spacial score (nSPS) is 16.5. The monoisotopic (exact) mass is 344 g/mol. The van der Waals surface area contributed by atoms with Gasteiger partial charge in [-0.1, -0.05) is 0 Å². The molecule has 0 spiro atoms. The molecule has 0 saturated heterocycles. The molecule has 0 aliphatic carbocycles. The van der Waals surface area contributed by atoms with Crippen molar-refractivity contribution in [3.05, 3.63) is 48.0 Å². The van der Waals surface area contributed by atoms with Crippen LogP contribution in [0.3, 0.4) is 0 Å². The number of hydrogen-bond acceptors (Lipinski definition) is 4. The summed E-state index contributed by atoms with van der Waals surface area (Å²) in [6, 6.07) is 13.5. The molecule has 1 aliphatic heterocycles. The molecule has 3 aromatic rings. The molecule has 0 saturated carbocycles. The van der Waals surface area contributed by atoms with Crippen LogP contribution in [0.5, 0.6) is 0 Å². The molecule has 1 unspecified atom stereocenters. The summed E-state index contributed by atoms with van der Waals surface area (Å²) < 4.78 is 8.71. The number of carbonyl (C=O) groups excluding carboxylic acids is 1. The quantitative estimate of drug-likeness (QED) is 0.695. The molecule has 2 heterocycles. The molecule has 1 aromatic heterocycles. The molecule has 1 aliphatic rings. The van der Waals surface area contributed by atoms with E-state index in [1.807, 2.05) is 42.5 Å². The topological polar surface area (TPSA) is 66.9 Å². The third-order valence-electron chi connectivity index (χ3n) is 3.63. The number of hydrogen-bond donors (Lipinski definition) is 2. The fourth-order valence-electron chi connectivity index (χ4n) is 2.58. The van der Waals surface area contributed by atoms with Crippen LogP contribution in [0.4, 0.5) is 11.4 Å².